The van der Waals surface area contributed by atoms with Gasteiger partial charge in [-0.2, -0.15) is 5.10 Å². The molecule has 3 N–H and O–H groups in total. The first kappa shape index (κ1) is 14.5. The molecule has 2 aromatic rings. The molecule has 0 bridgehead atoms. The second-order valence-corrected chi connectivity index (χ2v) is 4.80. The van der Waals surface area contributed by atoms with E-state index < -0.39 is 17.7 Å². The Morgan fingerprint density at radius 2 is 2.10 bits per heavy atom. The highest BCUT2D eigenvalue weighted by atomic mass is 19.1. The predicted molar refractivity (Wildman–Crippen MR) is 70.5 cm³/mol. The first-order chi connectivity index (χ1) is 9.52. The maximum atomic E-state index is 13.8. The number of benzene rings is 1. The Bertz CT molecular complexity index is 582. The molecule has 0 saturated heterocycles. The summed E-state index contributed by atoms with van der Waals surface area (Å²) >= 11 is 0. The average molecular weight is 281 g/mol. The fourth-order valence-electron chi connectivity index (χ4n) is 2.08. The van der Waals surface area contributed by atoms with Crippen molar-refractivity contribution in [2.75, 3.05) is 0 Å². The molecule has 0 radical (unpaired) electrons. The third-order valence-corrected chi connectivity index (χ3v) is 3.06. The van der Waals surface area contributed by atoms with E-state index in [4.69, 9.17) is 5.84 Å². The molecule has 108 valence electrons. The van der Waals surface area contributed by atoms with Gasteiger partial charge in [-0.15, -0.1) is 0 Å². The van der Waals surface area contributed by atoms with Crippen LogP contribution in [0, 0.1) is 11.6 Å². The van der Waals surface area contributed by atoms with Gasteiger partial charge in [-0.25, -0.2) is 18.4 Å². The number of hydrazine groups is 1. The first-order valence-electron chi connectivity index (χ1n) is 6.32. The fraction of sp³-hybridized carbons (Fsp3) is 0.385. The van der Waals surface area contributed by atoms with E-state index >= 15 is 0 Å². The van der Waals surface area contributed by atoms with Gasteiger partial charge in [0.05, 0.1) is 6.04 Å². The molecule has 5 nitrogen and oxygen atoms in total. The summed E-state index contributed by atoms with van der Waals surface area (Å²) in [5.74, 6) is 4.92. The van der Waals surface area contributed by atoms with Crippen molar-refractivity contribution < 1.29 is 8.78 Å². The second-order valence-electron chi connectivity index (χ2n) is 4.80. The van der Waals surface area contributed by atoms with Crippen molar-refractivity contribution >= 4 is 0 Å². The Balaban J connectivity index is 2.27. The number of halogens is 2. The molecule has 0 fully saturated rings. The Kier molecular flexibility index (Phi) is 4.41. The molecule has 7 heteroatoms. The minimum Gasteiger partial charge on any atom is -0.271 e. The molecule has 1 aromatic heterocycles. The first-order valence-corrected chi connectivity index (χ1v) is 6.32. The number of nitrogens with two attached hydrogens (primary N) is 1. The monoisotopic (exact) mass is 281 g/mol. The lowest BCUT2D eigenvalue weighted by molar-refractivity contribution is 0.455. The van der Waals surface area contributed by atoms with E-state index in [0.29, 0.717) is 17.8 Å². The molecule has 0 aliphatic carbocycles. The smallest absolute Gasteiger partial charge is 0.138 e. The highest BCUT2D eigenvalue weighted by Gasteiger charge is 2.19. The summed E-state index contributed by atoms with van der Waals surface area (Å²) in [4.78, 5) is 4.16. The molecule has 0 aliphatic heterocycles. The van der Waals surface area contributed by atoms with Crippen molar-refractivity contribution in [2.24, 2.45) is 5.84 Å². The summed E-state index contributed by atoms with van der Waals surface area (Å²) in [6.45, 7) is 3.95. The van der Waals surface area contributed by atoms with Crippen molar-refractivity contribution in [1.82, 2.24) is 20.2 Å². The molecule has 0 aliphatic rings. The molecule has 1 heterocycles. The zero-order chi connectivity index (χ0) is 14.7. The number of hydrogen-bond acceptors (Lipinski definition) is 4. The van der Waals surface area contributed by atoms with Gasteiger partial charge in [0.15, 0.2) is 0 Å². The van der Waals surface area contributed by atoms with Crippen molar-refractivity contribution in [3.63, 3.8) is 0 Å². The highest BCUT2D eigenvalue weighted by molar-refractivity contribution is 5.23. The zero-order valence-corrected chi connectivity index (χ0v) is 11.3. The highest BCUT2D eigenvalue weighted by Crippen LogP contribution is 2.21. The summed E-state index contributed by atoms with van der Waals surface area (Å²) in [7, 11) is 0. The summed E-state index contributed by atoms with van der Waals surface area (Å²) in [5.41, 5.74) is 2.84. The number of aromatic nitrogens is 3. The van der Waals surface area contributed by atoms with Crippen molar-refractivity contribution in [1.29, 1.82) is 0 Å². The van der Waals surface area contributed by atoms with Gasteiger partial charge in [-0.05, 0) is 19.9 Å². The topological polar surface area (TPSA) is 68.8 Å². The van der Waals surface area contributed by atoms with Gasteiger partial charge in [0, 0.05) is 24.1 Å². The number of hydrogen-bond donors (Lipinski definition) is 2. The van der Waals surface area contributed by atoms with Gasteiger partial charge < -0.3 is 0 Å². The van der Waals surface area contributed by atoms with Crippen LogP contribution in [0.25, 0.3) is 0 Å². The van der Waals surface area contributed by atoms with Gasteiger partial charge in [0.2, 0.25) is 0 Å². The lowest BCUT2D eigenvalue weighted by Gasteiger charge is -2.18. The third kappa shape index (κ3) is 3.00. The minimum absolute atomic E-state index is 0.143. The van der Waals surface area contributed by atoms with E-state index in [1.54, 1.807) is 4.68 Å². The molecule has 0 amide bonds. The third-order valence-electron chi connectivity index (χ3n) is 3.06. The molecule has 1 aromatic carbocycles. The van der Waals surface area contributed by atoms with E-state index in [-0.39, 0.29) is 6.04 Å². The van der Waals surface area contributed by atoms with Crippen LogP contribution < -0.4 is 11.3 Å². The standard InChI is InChI=1S/C13H17F2N5/c1-8(2)20-13(17-7-18-20)6-12(19-16)10-4-3-9(14)5-11(10)15/h3-5,7-8,12,19H,6,16H2,1-2H3. The van der Waals surface area contributed by atoms with Gasteiger partial charge in [-0.1, -0.05) is 6.07 Å². The Hall–Kier alpha value is -1.86. The van der Waals surface area contributed by atoms with Crippen LogP contribution in [0.5, 0.6) is 0 Å². The predicted octanol–water partition coefficient (Wildman–Crippen LogP) is 1.88. The molecule has 1 unspecified atom stereocenters. The summed E-state index contributed by atoms with van der Waals surface area (Å²) in [5, 5.41) is 4.12. The number of nitrogens with one attached hydrogen (secondary N) is 1. The van der Waals surface area contributed by atoms with Crippen LogP contribution in [-0.4, -0.2) is 14.8 Å². The molecular formula is C13H17F2N5. The van der Waals surface area contributed by atoms with E-state index in [0.717, 1.165) is 6.07 Å². The summed E-state index contributed by atoms with van der Waals surface area (Å²) in [6.07, 6.45) is 1.81. The lowest BCUT2D eigenvalue weighted by atomic mass is 10.0. The van der Waals surface area contributed by atoms with Crippen LogP contribution in [0.1, 0.15) is 37.3 Å². The Morgan fingerprint density at radius 1 is 1.35 bits per heavy atom. The van der Waals surface area contributed by atoms with Crippen LogP contribution in [-0.2, 0) is 6.42 Å². The SMILES string of the molecule is CC(C)n1ncnc1CC(NN)c1ccc(F)cc1F. The van der Waals surface area contributed by atoms with Crippen LogP contribution in [0.15, 0.2) is 24.5 Å². The van der Waals surface area contributed by atoms with E-state index in [2.05, 4.69) is 15.5 Å². The summed E-state index contributed by atoms with van der Waals surface area (Å²) in [6, 6.07) is 3.06. The fourth-order valence-corrected chi connectivity index (χ4v) is 2.08. The van der Waals surface area contributed by atoms with Crippen LogP contribution >= 0.6 is 0 Å². The Labute approximate surface area is 115 Å². The average Bonchev–Trinajstić information content (AvgIpc) is 2.85. The second kappa shape index (κ2) is 6.06. The van der Waals surface area contributed by atoms with Crippen LogP contribution in [0.4, 0.5) is 8.78 Å². The number of nitrogens with zero attached hydrogens (tertiary/aromatic N) is 3. The van der Waals surface area contributed by atoms with Crippen molar-refractivity contribution in [2.45, 2.75) is 32.4 Å². The zero-order valence-electron chi connectivity index (χ0n) is 11.3. The molecule has 1 atom stereocenters. The molecule has 20 heavy (non-hydrogen) atoms. The molecule has 0 saturated carbocycles. The molecule has 0 spiro atoms. The summed E-state index contributed by atoms with van der Waals surface area (Å²) < 4.78 is 28.5. The minimum atomic E-state index is -0.636. The number of rotatable bonds is 5. The molecular weight excluding hydrogens is 264 g/mol. The maximum Gasteiger partial charge on any atom is 0.138 e. The van der Waals surface area contributed by atoms with Gasteiger partial charge >= 0.3 is 0 Å². The maximum absolute atomic E-state index is 13.8. The lowest BCUT2D eigenvalue weighted by Crippen LogP contribution is -2.31. The quantitative estimate of drug-likeness (QED) is 0.648. The van der Waals surface area contributed by atoms with Crippen LogP contribution in [0.3, 0.4) is 0 Å². The van der Waals surface area contributed by atoms with E-state index in [9.17, 15) is 8.78 Å². The van der Waals surface area contributed by atoms with Crippen molar-refractivity contribution in [3.8, 4) is 0 Å². The largest absolute Gasteiger partial charge is 0.271 e. The van der Waals surface area contributed by atoms with Gasteiger partial charge in [0.1, 0.15) is 23.8 Å². The molecule has 2 rings (SSSR count). The normalized spacial score (nSPS) is 12.9. The van der Waals surface area contributed by atoms with Gasteiger partial charge in [0.25, 0.3) is 0 Å². The van der Waals surface area contributed by atoms with E-state index in [1.807, 2.05) is 13.8 Å². The van der Waals surface area contributed by atoms with Crippen molar-refractivity contribution in [3.05, 3.63) is 47.5 Å². The van der Waals surface area contributed by atoms with Crippen LogP contribution in [0.2, 0.25) is 0 Å². The van der Waals surface area contributed by atoms with Gasteiger partial charge in [-0.3, -0.25) is 11.3 Å². The van der Waals surface area contributed by atoms with E-state index in [1.165, 1.54) is 18.5 Å². The Morgan fingerprint density at radius 3 is 2.70 bits per heavy atom.